The highest BCUT2D eigenvalue weighted by Gasteiger charge is 2.46. The molecule has 8 heteroatoms. The normalized spacial score (nSPS) is 16.7. The number of ether oxygens (including phenoxy) is 2. The standard InChI is InChI=1S/C16H19FN4O3/c1-10-18-14(20-21(10)13-6-4-11(17)5-7-13)15(22)19-12-8-16(9-12,23-2)24-3/h4-7,12H,8-9H2,1-3H3,(H,19,22). The summed E-state index contributed by atoms with van der Waals surface area (Å²) in [6, 6.07) is 5.78. The quantitative estimate of drug-likeness (QED) is 0.840. The fourth-order valence-corrected chi connectivity index (χ4v) is 2.77. The molecule has 2 aromatic rings. The molecule has 1 N–H and O–H groups in total. The van der Waals surface area contributed by atoms with Gasteiger partial charge in [0, 0.05) is 33.1 Å². The molecule has 1 fully saturated rings. The first kappa shape index (κ1) is 16.5. The van der Waals surface area contributed by atoms with Crippen LogP contribution in [0.2, 0.25) is 0 Å². The van der Waals surface area contributed by atoms with Gasteiger partial charge < -0.3 is 14.8 Å². The van der Waals surface area contributed by atoms with Gasteiger partial charge in [-0.3, -0.25) is 4.79 Å². The number of hydrogen-bond donors (Lipinski definition) is 1. The molecule has 0 saturated heterocycles. The number of nitrogens with one attached hydrogen (secondary N) is 1. The molecule has 128 valence electrons. The number of hydrogen-bond acceptors (Lipinski definition) is 5. The van der Waals surface area contributed by atoms with E-state index in [4.69, 9.17) is 9.47 Å². The summed E-state index contributed by atoms with van der Waals surface area (Å²) in [6.45, 7) is 1.73. The Labute approximate surface area is 138 Å². The zero-order valence-corrected chi connectivity index (χ0v) is 13.7. The molecule has 1 aromatic heterocycles. The minimum absolute atomic E-state index is 0.0459. The van der Waals surface area contributed by atoms with E-state index in [2.05, 4.69) is 15.4 Å². The zero-order chi connectivity index (χ0) is 17.3. The molecule has 0 spiro atoms. The Kier molecular flexibility index (Phi) is 4.33. The van der Waals surface area contributed by atoms with Crippen LogP contribution in [0.4, 0.5) is 4.39 Å². The highest BCUT2D eigenvalue weighted by atomic mass is 19.1. The number of aromatic nitrogens is 3. The summed E-state index contributed by atoms with van der Waals surface area (Å²) < 4.78 is 25.1. The second-order valence-electron chi connectivity index (χ2n) is 5.77. The van der Waals surface area contributed by atoms with Gasteiger partial charge >= 0.3 is 0 Å². The lowest BCUT2D eigenvalue weighted by Gasteiger charge is -2.44. The molecule has 1 heterocycles. The van der Waals surface area contributed by atoms with Crippen LogP contribution in [-0.4, -0.2) is 46.7 Å². The molecular formula is C16H19FN4O3. The molecule has 1 amide bonds. The average molecular weight is 334 g/mol. The van der Waals surface area contributed by atoms with Crippen LogP contribution < -0.4 is 5.32 Å². The first-order valence-electron chi connectivity index (χ1n) is 7.57. The Hall–Kier alpha value is -2.32. The highest BCUT2D eigenvalue weighted by Crippen LogP contribution is 2.36. The Morgan fingerprint density at radius 1 is 1.29 bits per heavy atom. The van der Waals surface area contributed by atoms with E-state index in [0.29, 0.717) is 24.4 Å². The second kappa shape index (κ2) is 6.29. The third-order valence-corrected chi connectivity index (χ3v) is 4.24. The monoisotopic (exact) mass is 334 g/mol. The van der Waals surface area contributed by atoms with Crippen LogP contribution >= 0.6 is 0 Å². The van der Waals surface area contributed by atoms with Crippen molar-refractivity contribution in [1.82, 2.24) is 20.1 Å². The van der Waals surface area contributed by atoms with Crippen molar-refractivity contribution in [2.24, 2.45) is 0 Å². The van der Waals surface area contributed by atoms with Gasteiger partial charge in [0.25, 0.3) is 5.91 Å². The van der Waals surface area contributed by atoms with Gasteiger partial charge in [0.15, 0.2) is 5.79 Å². The van der Waals surface area contributed by atoms with E-state index in [1.807, 2.05) is 0 Å². The highest BCUT2D eigenvalue weighted by molar-refractivity contribution is 5.90. The summed E-state index contributed by atoms with van der Waals surface area (Å²) in [5.41, 5.74) is 0.641. The molecule has 24 heavy (non-hydrogen) atoms. The molecule has 1 aromatic carbocycles. The van der Waals surface area contributed by atoms with Gasteiger partial charge in [0.05, 0.1) is 5.69 Å². The van der Waals surface area contributed by atoms with Crippen LogP contribution in [0.1, 0.15) is 29.3 Å². The van der Waals surface area contributed by atoms with E-state index in [-0.39, 0.29) is 23.6 Å². The number of methoxy groups -OCH3 is 2. The summed E-state index contributed by atoms with van der Waals surface area (Å²) in [6.07, 6.45) is 1.15. The van der Waals surface area contributed by atoms with Crippen molar-refractivity contribution in [3.05, 3.63) is 41.7 Å². The molecule has 1 aliphatic rings. The van der Waals surface area contributed by atoms with Crippen molar-refractivity contribution in [3.8, 4) is 5.69 Å². The molecule has 0 radical (unpaired) electrons. The van der Waals surface area contributed by atoms with E-state index in [9.17, 15) is 9.18 Å². The third-order valence-electron chi connectivity index (χ3n) is 4.24. The van der Waals surface area contributed by atoms with Crippen LogP contribution in [0, 0.1) is 12.7 Å². The van der Waals surface area contributed by atoms with Gasteiger partial charge in [-0.1, -0.05) is 0 Å². The number of carbonyl (C=O) groups excluding carboxylic acids is 1. The Morgan fingerprint density at radius 2 is 1.92 bits per heavy atom. The Bertz CT molecular complexity index is 732. The van der Waals surface area contributed by atoms with Gasteiger partial charge in [-0.05, 0) is 31.2 Å². The molecular weight excluding hydrogens is 315 g/mol. The van der Waals surface area contributed by atoms with Crippen molar-refractivity contribution in [1.29, 1.82) is 0 Å². The number of carbonyl (C=O) groups is 1. The van der Waals surface area contributed by atoms with E-state index >= 15 is 0 Å². The van der Waals surface area contributed by atoms with Gasteiger partial charge in [-0.2, -0.15) is 0 Å². The molecule has 3 rings (SSSR count). The van der Waals surface area contributed by atoms with Crippen molar-refractivity contribution in [2.75, 3.05) is 14.2 Å². The first-order valence-corrected chi connectivity index (χ1v) is 7.57. The van der Waals surface area contributed by atoms with E-state index < -0.39 is 5.79 Å². The second-order valence-corrected chi connectivity index (χ2v) is 5.77. The Balaban J connectivity index is 1.69. The predicted octanol–water partition coefficient (Wildman–Crippen LogP) is 1.60. The minimum atomic E-state index is -0.616. The molecule has 7 nitrogen and oxygen atoms in total. The first-order chi connectivity index (χ1) is 11.5. The van der Waals surface area contributed by atoms with Gasteiger partial charge in [0.2, 0.25) is 5.82 Å². The molecule has 1 saturated carbocycles. The molecule has 1 aliphatic carbocycles. The summed E-state index contributed by atoms with van der Waals surface area (Å²) in [5.74, 6) is -0.689. The van der Waals surface area contributed by atoms with Crippen LogP contribution in [0.25, 0.3) is 5.69 Å². The largest absolute Gasteiger partial charge is 0.353 e. The molecule has 0 bridgehead atoms. The topological polar surface area (TPSA) is 78.3 Å². The number of rotatable bonds is 5. The third kappa shape index (κ3) is 3.02. The molecule has 0 unspecified atom stereocenters. The summed E-state index contributed by atoms with van der Waals surface area (Å²) in [5, 5.41) is 7.07. The van der Waals surface area contributed by atoms with E-state index in [0.717, 1.165) is 0 Å². The lowest BCUT2D eigenvalue weighted by Crippen LogP contribution is -2.57. The molecule has 0 atom stereocenters. The van der Waals surface area contributed by atoms with Gasteiger partial charge in [0.1, 0.15) is 11.6 Å². The summed E-state index contributed by atoms with van der Waals surface area (Å²) >= 11 is 0. The van der Waals surface area contributed by atoms with Gasteiger partial charge in [-0.25, -0.2) is 14.1 Å². The number of benzene rings is 1. The lowest BCUT2D eigenvalue weighted by atomic mass is 9.85. The minimum Gasteiger partial charge on any atom is -0.353 e. The lowest BCUT2D eigenvalue weighted by molar-refractivity contribution is -0.258. The maximum absolute atomic E-state index is 13.0. The fraction of sp³-hybridized carbons (Fsp3) is 0.438. The van der Waals surface area contributed by atoms with Crippen molar-refractivity contribution in [3.63, 3.8) is 0 Å². The predicted molar refractivity (Wildman–Crippen MR) is 83.3 cm³/mol. The van der Waals surface area contributed by atoms with Crippen LogP contribution in [0.3, 0.4) is 0 Å². The summed E-state index contributed by atoms with van der Waals surface area (Å²) in [4.78, 5) is 16.5. The number of halogens is 1. The van der Waals surface area contributed by atoms with Crippen molar-refractivity contribution in [2.45, 2.75) is 31.6 Å². The van der Waals surface area contributed by atoms with Crippen molar-refractivity contribution >= 4 is 5.91 Å². The van der Waals surface area contributed by atoms with Crippen LogP contribution in [0.15, 0.2) is 24.3 Å². The maximum atomic E-state index is 13.0. The van der Waals surface area contributed by atoms with E-state index in [1.54, 1.807) is 33.3 Å². The Morgan fingerprint density at radius 3 is 2.50 bits per heavy atom. The van der Waals surface area contributed by atoms with Crippen molar-refractivity contribution < 1.29 is 18.7 Å². The van der Waals surface area contributed by atoms with Crippen LogP contribution in [0.5, 0.6) is 0 Å². The SMILES string of the molecule is COC1(OC)CC(NC(=O)c2nc(C)n(-c3ccc(F)cc3)n2)C1. The smallest absolute Gasteiger partial charge is 0.291 e. The zero-order valence-electron chi connectivity index (χ0n) is 13.7. The summed E-state index contributed by atoms with van der Waals surface area (Å²) in [7, 11) is 3.16. The number of nitrogens with zero attached hydrogens (tertiary/aromatic N) is 3. The maximum Gasteiger partial charge on any atom is 0.291 e. The fourth-order valence-electron chi connectivity index (χ4n) is 2.77. The van der Waals surface area contributed by atoms with Crippen LogP contribution in [-0.2, 0) is 9.47 Å². The van der Waals surface area contributed by atoms with E-state index in [1.165, 1.54) is 16.8 Å². The number of amides is 1. The number of aryl methyl sites for hydroxylation is 1. The average Bonchev–Trinajstić information content (AvgIpc) is 2.93. The molecule has 0 aliphatic heterocycles. The van der Waals surface area contributed by atoms with Gasteiger partial charge in [-0.15, -0.1) is 5.10 Å².